The summed E-state index contributed by atoms with van der Waals surface area (Å²) in [7, 11) is 0. The van der Waals surface area contributed by atoms with Crippen molar-refractivity contribution < 1.29 is 4.79 Å². The van der Waals surface area contributed by atoms with E-state index in [0.29, 0.717) is 5.78 Å². The van der Waals surface area contributed by atoms with E-state index in [9.17, 15) is 4.79 Å². The van der Waals surface area contributed by atoms with Gasteiger partial charge in [0.1, 0.15) is 0 Å². The van der Waals surface area contributed by atoms with Crippen molar-refractivity contribution in [2.45, 2.75) is 19.3 Å². The maximum atomic E-state index is 11.5. The molecule has 12 heavy (non-hydrogen) atoms. The molecule has 2 heteroatoms. The highest BCUT2D eigenvalue weighted by atomic mass is 127. The number of halogens is 1. The zero-order chi connectivity index (χ0) is 8.55. The molecular weight excluding hydrogens is 263 g/mol. The van der Waals surface area contributed by atoms with Crippen LogP contribution in [-0.4, -0.2) is 5.78 Å². The molecule has 1 aliphatic rings. The SMILES string of the molecule is O=C1CCCc2cccc(I)c21. The number of rotatable bonds is 0. The molecule has 0 fully saturated rings. The second-order valence-electron chi connectivity index (χ2n) is 3.05. The number of ketones is 1. The van der Waals surface area contributed by atoms with E-state index < -0.39 is 0 Å². The van der Waals surface area contributed by atoms with Gasteiger partial charge in [-0.25, -0.2) is 0 Å². The lowest BCUT2D eigenvalue weighted by atomic mass is 9.91. The smallest absolute Gasteiger partial charge is 0.164 e. The second-order valence-corrected chi connectivity index (χ2v) is 4.21. The summed E-state index contributed by atoms with van der Waals surface area (Å²) in [6.45, 7) is 0. The number of Topliss-reactive ketones (excluding diaryl/α,β-unsaturated/α-hetero) is 1. The topological polar surface area (TPSA) is 17.1 Å². The van der Waals surface area contributed by atoms with Gasteiger partial charge in [0, 0.05) is 15.6 Å². The monoisotopic (exact) mass is 272 g/mol. The first-order valence-electron chi connectivity index (χ1n) is 4.09. The van der Waals surface area contributed by atoms with Crippen LogP contribution in [0.1, 0.15) is 28.8 Å². The van der Waals surface area contributed by atoms with E-state index in [-0.39, 0.29) is 0 Å². The molecule has 1 aromatic rings. The van der Waals surface area contributed by atoms with Crippen molar-refractivity contribution >= 4 is 28.4 Å². The van der Waals surface area contributed by atoms with Gasteiger partial charge in [-0.05, 0) is 47.1 Å². The Bertz CT molecular complexity index is 331. The molecule has 0 amide bonds. The molecule has 0 N–H and O–H groups in total. The lowest BCUT2D eigenvalue weighted by molar-refractivity contribution is 0.0971. The van der Waals surface area contributed by atoms with Gasteiger partial charge in [-0.15, -0.1) is 0 Å². The quantitative estimate of drug-likeness (QED) is 0.664. The predicted molar refractivity (Wildman–Crippen MR) is 56.4 cm³/mol. The molecule has 1 aromatic carbocycles. The van der Waals surface area contributed by atoms with Gasteiger partial charge >= 0.3 is 0 Å². The van der Waals surface area contributed by atoms with Gasteiger partial charge in [0.25, 0.3) is 0 Å². The molecule has 0 aromatic heterocycles. The van der Waals surface area contributed by atoms with Crippen molar-refractivity contribution in [3.63, 3.8) is 0 Å². The Morgan fingerprint density at radius 3 is 2.83 bits per heavy atom. The van der Waals surface area contributed by atoms with Crippen molar-refractivity contribution in [1.29, 1.82) is 0 Å². The molecule has 2 rings (SSSR count). The predicted octanol–water partition coefficient (Wildman–Crippen LogP) is 2.81. The fourth-order valence-corrected chi connectivity index (χ4v) is 2.51. The summed E-state index contributed by atoms with van der Waals surface area (Å²) in [6.07, 6.45) is 2.82. The highest BCUT2D eigenvalue weighted by molar-refractivity contribution is 14.1. The van der Waals surface area contributed by atoms with Crippen LogP contribution in [0.3, 0.4) is 0 Å². The summed E-state index contributed by atoms with van der Waals surface area (Å²) < 4.78 is 1.11. The lowest BCUT2D eigenvalue weighted by Crippen LogP contribution is -2.12. The van der Waals surface area contributed by atoms with E-state index in [2.05, 4.69) is 28.7 Å². The van der Waals surface area contributed by atoms with E-state index in [1.165, 1.54) is 5.56 Å². The van der Waals surface area contributed by atoms with Crippen LogP contribution in [0.15, 0.2) is 18.2 Å². The number of hydrogen-bond donors (Lipinski definition) is 0. The van der Waals surface area contributed by atoms with Crippen molar-refractivity contribution in [1.82, 2.24) is 0 Å². The van der Waals surface area contributed by atoms with Crippen LogP contribution >= 0.6 is 22.6 Å². The Labute approximate surface area is 85.3 Å². The molecule has 1 nitrogen and oxygen atoms in total. The zero-order valence-electron chi connectivity index (χ0n) is 6.64. The van der Waals surface area contributed by atoms with Gasteiger partial charge in [0.05, 0.1) is 0 Å². The minimum absolute atomic E-state index is 0.321. The molecule has 0 bridgehead atoms. The molecule has 1 aliphatic carbocycles. The van der Waals surface area contributed by atoms with Crippen LogP contribution in [0.25, 0.3) is 0 Å². The largest absolute Gasteiger partial charge is 0.294 e. The molecule has 0 unspecified atom stereocenters. The first-order valence-corrected chi connectivity index (χ1v) is 5.17. The minimum Gasteiger partial charge on any atom is -0.294 e. The molecule has 62 valence electrons. The van der Waals surface area contributed by atoms with Crippen LogP contribution in [-0.2, 0) is 6.42 Å². The summed E-state index contributed by atoms with van der Waals surface area (Å²) in [6, 6.07) is 6.09. The Morgan fingerprint density at radius 1 is 1.25 bits per heavy atom. The highest BCUT2D eigenvalue weighted by Crippen LogP contribution is 2.25. The summed E-state index contributed by atoms with van der Waals surface area (Å²) in [5.74, 6) is 0.321. The summed E-state index contributed by atoms with van der Waals surface area (Å²) >= 11 is 2.24. The molecule has 0 radical (unpaired) electrons. The van der Waals surface area contributed by atoms with Crippen LogP contribution in [0, 0.1) is 3.57 Å². The Hall–Kier alpha value is -0.380. The number of carbonyl (C=O) groups excluding carboxylic acids is 1. The summed E-state index contributed by atoms with van der Waals surface area (Å²) in [4.78, 5) is 11.5. The number of fused-ring (bicyclic) bond motifs is 1. The van der Waals surface area contributed by atoms with Crippen molar-refractivity contribution in [3.8, 4) is 0 Å². The van der Waals surface area contributed by atoms with Gasteiger partial charge in [0.15, 0.2) is 5.78 Å². The van der Waals surface area contributed by atoms with Crippen LogP contribution in [0.4, 0.5) is 0 Å². The molecule has 0 heterocycles. The van der Waals surface area contributed by atoms with Gasteiger partial charge in [-0.1, -0.05) is 12.1 Å². The average molecular weight is 272 g/mol. The fourth-order valence-electron chi connectivity index (χ4n) is 1.65. The molecular formula is C10H9IO. The molecule has 0 saturated heterocycles. The molecule has 0 saturated carbocycles. The third kappa shape index (κ3) is 1.28. The summed E-state index contributed by atoms with van der Waals surface area (Å²) in [5.41, 5.74) is 2.21. The van der Waals surface area contributed by atoms with Crippen LogP contribution in [0.2, 0.25) is 0 Å². The van der Waals surface area contributed by atoms with E-state index >= 15 is 0 Å². The third-order valence-corrected chi connectivity index (χ3v) is 3.13. The second kappa shape index (κ2) is 3.17. The normalized spacial score (nSPS) is 15.9. The molecule has 0 atom stereocenters. The van der Waals surface area contributed by atoms with Crippen molar-refractivity contribution in [2.75, 3.05) is 0 Å². The number of hydrogen-bond acceptors (Lipinski definition) is 1. The first-order chi connectivity index (χ1) is 5.79. The van der Waals surface area contributed by atoms with E-state index in [1.54, 1.807) is 0 Å². The van der Waals surface area contributed by atoms with E-state index in [4.69, 9.17) is 0 Å². The van der Waals surface area contributed by atoms with Crippen LogP contribution < -0.4 is 0 Å². The minimum atomic E-state index is 0.321. The molecule has 0 aliphatic heterocycles. The first kappa shape index (κ1) is 8.23. The number of carbonyl (C=O) groups is 1. The molecule has 0 spiro atoms. The fraction of sp³-hybridized carbons (Fsp3) is 0.300. The Morgan fingerprint density at radius 2 is 2.08 bits per heavy atom. The van der Waals surface area contributed by atoms with Gasteiger partial charge in [0.2, 0.25) is 0 Å². The average Bonchev–Trinajstić information content (AvgIpc) is 2.04. The van der Waals surface area contributed by atoms with E-state index in [0.717, 1.165) is 28.4 Å². The lowest BCUT2D eigenvalue weighted by Gasteiger charge is -2.15. The van der Waals surface area contributed by atoms with Gasteiger partial charge < -0.3 is 0 Å². The Balaban J connectivity index is 2.60. The summed E-state index contributed by atoms with van der Waals surface area (Å²) in [5, 5.41) is 0. The van der Waals surface area contributed by atoms with Gasteiger partial charge in [-0.2, -0.15) is 0 Å². The van der Waals surface area contributed by atoms with Crippen LogP contribution in [0.5, 0.6) is 0 Å². The zero-order valence-corrected chi connectivity index (χ0v) is 8.80. The highest BCUT2D eigenvalue weighted by Gasteiger charge is 2.18. The van der Waals surface area contributed by atoms with Crippen molar-refractivity contribution in [2.24, 2.45) is 0 Å². The maximum absolute atomic E-state index is 11.5. The van der Waals surface area contributed by atoms with Gasteiger partial charge in [-0.3, -0.25) is 4.79 Å². The Kier molecular flexibility index (Phi) is 2.17. The maximum Gasteiger partial charge on any atom is 0.164 e. The van der Waals surface area contributed by atoms with E-state index in [1.807, 2.05) is 12.1 Å². The number of aryl methyl sites for hydroxylation is 1. The standard InChI is InChI=1S/C10H9IO/c11-8-5-1-3-7-4-2-6-9(12)10(7)8/h1,3,5H,2,4,6H2. The third-order valence-electron chi connectivity index (χ3n) is 2.23. The van der Waals surface area contributed by atoms with Crippen molar-refractivity contribution in [3.05, 3.63) is 32.9 Å². The number of benzene rings is 1.